The summed E-state index contributed by atoms with van der Waals surface area (Å²) >= 11 is 0. The Kier molecular flexibility index (Phi) is 5.55. The molecule has 0 radical (unpaired) electrons. The van der Waals surface area contributed by atoms with Crippen molar-refractivity contribution in [2.45, 2.75) is 32.8 Å². The Morgan fingerprint density at radius 3 is 2.50 bits per heavy atom. The maximum Gasteiger partial charge on any atom is 0.358 e. The van der Waals surface area contributed by atoms with Crippen LogP contribution in [0.2, 0.25) is 0 Å². The molecule has 0 aliphatic heterocycles. The molecule has 0 aromatic rings. The highest BCUT2D eigenvalue weighted by Gasteiger charge is 2.15. The Labute approximate surface area is 82.7 Å². The van der Waals surface area contributed by atoms with Crippen molar-refractivity contribution in [3.63, 3.8) is 0 Å². The first-order chi connectivity index (χ1) is 6.52. The van der Waals surface area contributed by atoms with E-state index in [1.54, 1.807) is 13.8 Å². The predicted octanol–water partition coefficient (Wildman–Crippen LogP) is 0.298. The first kappa shape index (κ1) is 12.6. The molecule has 0 aliphatic rings. The van der Waals surface area contributed by atoms with Gasteiger partial charge in [-0.05, 0) is 12.8 Å². The molecule has 0 bridgehead atoms. The second-order valence-corrected chi connectivity index (χ2v) is 2.74. The molecule has 80 valence electrons. The predicted molar refractivity (Wildman–Crippen MR) is 50.0 cm³/mol. The fraction of sp³-hybridized carbons (Fsp3) is 0.556. The normalized spacial score (nSPS) is 11.6. The Hall–Kier alpha value is -1.36. The molecular formula is C9H15NO4. The molecule has 5 nitrogen and oxygen atoms in total. The molecule has 14 heavy (non-hydrogen) atoms. The summed E-state index contributed by atoms with van der Waals surface area (Å²) in [6.45, 7) is 6.81. The minimum Gasteiger partial charge on any atom is -0.383 e. The lowest BCUT2D eigenvalue weighted by Crippen LogP contribution is -2.35. The SMILES string of the molecule is C=C(CC)C(=O)ONC(=O)C(O)CC. The molecule has 1 atom stereocenters. The molecule has 0 rings (SSSR count). The Balaban J connectivity index is 3.89. The summed E-state index contributed by atoms with van der Waals surface area (Å²) in [5.74, 6) is -1.42. The van der Waals surface area contributed by atoms with Crippen LogP contribution in [0.1, 0.15) is 26.7 Å². The van der Waals surface area contributed by atoms with E-state index in [-0.39, 0.29) is 12.0 Å². The van der Waals surface area contributed by atoms with E-state index < -0.39 is 18.0 Å². The van der Waals surface area contributed by atoms with Crippen LogP contribution in [0.5, 0.6) is 0 Å². The monoisotopic (exact) mass is 201 g/mol. The van der Waals surface area contributed by atoms with Crippen LogP contribution >= 0.6 is 0 Å². The smallest absolute Gasteiger partial charge is 0.358 e. The van der Waals surface area contributed by atoms with Crippen molar-refractivity contribution in [3.8, 4) is 0 Å². The standard InChI is InChI=1S/C9H15NO4/c1-4-6(3)9(13)14-10-8(12)7(11)5-2/h7,11H,3-5H2,1-2H3,(H,10,12). The maximum absolute atomic E-state index is 11.0. The largest absolute Gasteiger partial charge is 0.383 e. The number of carbonyl (C=O) groups is 2. The second kappa shape index (κ2) is 6.15. The summed E-state index contributed by atoms with van der Waals surface area (Å²) in [4.78, 5) is 26.3. The van der Waals surface area contributed by atoms with Crippen molar-refractivity contribution in [1.82, 2.24) is 5.48 Å². The maximum atomic E-state index is 11.0. The number of aliphatic hydroxyl groups is 1. The van der Waals surface area contributed by atoms with Crippen LogP contribution in [-0.2, 0) is 14.4 Å². The van der Waals surface area contributed by atoms with Gasteiger partial charge in [0.2, 0.25) is 0 Å². The third kappa shape index (κ3) is 4.04. The molecule has 2 N–H and O–H groups in total. The van der Waals surface area contributed by atoms with Crippen LogP contribution in [0.4, 0.5) is 0 Å². The van der Waals surface area contributed by atoms with Gasteiger partial charge in [-0.25, -0.2) is 4.79 Å². The van der Waals surface area contributed by atoms with E-state index in [0.29, 0.717) is 6.42 Å². The van der Waals surface area contributed by atoms with Gasteiger partial charge < -0.3 is 9.94 Å². The molecule has 1 unspecified atom stereocenters. The van der Waals surface area contributed by atoms with Crippen LogP contribution in [0.25, 0.3) is 0 Å². The van der Waals surface area contributed by atoms with Gasteiger partial charge in [0.1, 0.15) is 6.10 Å². The van der Waals surface area contributed by atoms with Gasteiger partial charge in [-0.1, -0.05) is 20.4 Å². The van der Waals surface area contributed by atoms with E-state index in [0.717, 1.165) is 0 Å². The number of hydrogen-bond acceptors (Lipinski definition) is 4. The van der Waals surface area contributed by atoms with E-state index in [9.17, 15) is 9.59 Å². The van der Waals surface area contributed by atoms with E-state index in [2.05, 4.69) is 11.4 Å². The van der Waals surface area contributed by atoms with Crippen LogP contribution in [0.15, 0.2) is 12.2 Å². The summed E-state index contributed by atoms with van der Waals surface area (Å²) in [7, 11) is 0. The summed E-state index contributed by atoms with van der Waals surface area (Å²) in [5, 5.41) is 9.01. The minimum atomic E-state index is -1.15. The van der Waals surface area contributed by atoms with Crippen molar-refractivity contribution >= 4 is 11.9 Å². The number of rotatable bonds is 4. The first-order valence-electron chi connectivity index (χ1n) is 4.39. The number of amides is 1. The van der Waals surface area contributed by atoms with Gasteiger partial charge in [0.25, 0.3) is 5.91 Å². The van der Waals surface area contributed by atoms with Crippen LogP contribution in [0.3, 0.4) is 0 Å². The average molecular weight is 201 g/mol. The molecule has 1 amide bonds. The van der Waals surface area contributed by atoms with E-state index in [4.69, 9.17) is 5.11 Å². The summed E-state index contributed by atoms with van der Waals surface area (Å²) in [6, 6.07) is 0. The van der Waals surface area contributed by atoms with Crippen molar-refractivity contribution in [2.24, 2.45) is 0 Å². The molecule has 0 aromatic heterocycles. The van der Waals surface area contributed by atoms with Gasteiger partial charge in [-0.15, -0.1) is 0 Å². The quantitative estimate of drug-likeness (QED) is 0.506. The lowest BCUT2D eigenvalue weighted by Gasteiger charge is -2.08. The molecule has 0 saturated heterocycles. The van der Waals surface area contributed by atoms with Crippen molar-refractivity contribution < 1.29 is 19.5 Å². The first-order valence-corrected chi connectivity index (χ1v) is 4.39. The van der Waals surface area contributed by atoms with Gasteiger partial charge >= 0.3 is 5.97 Å². The topological polar surface area (TPSA) is 75.6 Å². The Morgan fingerprint density at radius 1 is 1.50 bits per heavy atom. The fourth-order valence-electron chi connectivity index (χ4n) is 0.567. The van der Waals surface area contributed by atoms with E-state index in [1.165, 1.54) is 0 Å². The summed E-state index contributed by atoms with van der Waals surface area (Å²) < 4.78 is 0. The van der Waals surface area contributed by atoms with Gasteiger partial charge in [-0.3, -0.25) is 4.79 Å². The van der Waals surface area contributed by atoms with Crippen LogP contribution in [0, 0.1) is 0 Å². The summed E-state index contributed by atoms with van der Waals surface area (Å²) in [5.41, 5.74) is 2.11. The third-order valence-corrected chi connectivity index (χ3v) is 1.65. The fourth-order valence-corrected chi connectivity index (χ4v) is 0.567. The Bertz CT molecular complexity index is 237. The number of aliphatic hydroxyl groups excluding tert-OH is 1. The molecule has 0 heterocycles. The second-order valence-electron chi connectivity index (χ2n) is 2.74. The van der Waals surface area contributed by atoms with Crippen molar-refractivity contribution in [3.05, 3.63) is 12.2 Å². The number of nitrogens with one attached hydrogen (secondary N) is 1. The molecule has 0 aromatic carbocycles. The Morgan fingerprint density at radius 2 is 2.07 bits per heavy atom. The third-order valence-electron chi connectivity index (χ3n) is 1.65. The zero-order chi connectivity index (χ0) is 11.1. The molecular weight excluding hydrogens is 186 g/mol. The number of hydrogen-bond donors (Lipinski definition) is 2. The van der Waals surface area contributed by atoms with Gasteiger partial charge in [0, 0.05) is 5.57 Å². The van der Waals surface area contributed by atoms with Crippen LogP contribution < -0.4 is 5.48 Å². The highest BCUT2D eigenvalue weighted by Crippen LogP contribution is 1.98. The number of hydroxylamine groups is 1. The minimum absolute atomic E-state index is 0.260. The molecule has 0 fully saturated rings. The van der Waals surface area contributed by atoms with Gasteiger partial charge in [0.15, 0.2) is 0 Å². The zero-order valence-corrected chi connectivity index (χ0v) is 8.37. The molecule has 0 spiro atoms. The van der Waals surface area contributed by atoms with E-state index >= 15 is 0 Å². The van der Waals surface area contributed by atoms with E-state index in [1.807, 2.05) is 5.48 Å². The molecule has 0 saturated carbocycles. The summed E-state index contributed by atoms with van der Waals surface area (Å²) in [6.07, 6.45) is -0.443. The van der Waals surface area contributed by atoms with Gasteiger partial charge in [-0.2, -0.15) is 5.48 Å². The molecule has 0 aliphatic carbocycles. The van der Waals surface area contributed by atoms with Crippen molar-refractivity contribution in [1.29, 1.82) is 0 Å². The highest BCUT2D eigenvalue weighted by atomic mass is 16.7. The highest BCUT2D eigenvalue weighted by molar-refractivity contribution is 5.89. The lowest BCUT2D eigenvalue weighted by molar-refractivity contribution is -0.158. The average Bonchev–Trinajstić information content (AvgIpc) is 2.22. The zero-order valence-electron chi connectivity index (χ0n) is 8.37. The van der Waals surface area contributed by atoms with Crippen molar-refractivity contribution in [2.75, 3.05) is 0 Å². The number of carbonyl (C=O) groups excluding carboxylic acids is 2. The van der Waals surface area contributed by atoms with Gasteiger partial charge in [0.05, 0.1) is 0 Å². The van der Waals surface area contributed by atoms with Crippen LogP contribution in [-0.4, -0.2) is 23.1 Å². The molecule has 5 heteroatoms. The lowest BCUT2D eigenvalue weighted by atomic mass is 10.2.